The minimum atomic E-state index is -0.282. The Morgan fingerprint density at radius 3 is 2.59 bits per heavy atom. The van der Waals surface area contributed by atoms with Gasteiger partial charge >= 0.3 is 0 Å². The quantitative estimate of drug-likeness (QED) is 0.779. The van der Waals surface area contributed by atoms with E-state index in [-0.39, 0.29) is 18.1 Å². The van der Waals surface area contributed by atoms with Crippen LogP contribution in [0.5, 0.6) is 5.75 Å². The van der Waals surface area contributed by atoms with Gasteiger partial charge in [0.1, 0.15) is 5.75 Å². The Balaban J connectivity index is 2.26. The van der Waals surface area contributed by atoms with E-state index in [1.165, 1.54) is 22.9 Å². The summed E-state index contributed by atoms with van der Waals surface area (Å²) in [5.74, 6) is 0.408. The highest BCUT2D eigenvalue weighted by atomic mass is 16.5. The van der Waals surface area contributed by atoms with Crippen molar-refractivity contribution in [3.63, 3.8) is 0 Å². The SMILES string of the molecule is COc1ccc(-n2cc(C(=O)NCCCO)ccc2=O)cc1. The number of nitrogens with one attached hydrogen (secondary N) is 1. The summed E-state index contributed by atoms with van der Waals surface area (Å²) < 4.78 is 6.48. The molecule has 0 fully saturated rings. The van der Waals surface area contributed by atoms with E-state index in [4.69, 9.17) is 9.84 Å². The molecule has 0 aliphatic carbocycles. The fraction of sp³-hybridized carbons (Fsp3) is 0.250. The standard InChI is InChI=1S/C16H18N2O4/c1-22-14-6-4-13(5-7-14)18-11-12(3-8-15(18)20)16(21)17-9-2-10-19/h3-8,11,19H,2,9-10H2,1H3,(H,17,21). The summed E-state index contributed by atoms with van der Waals surface area (Å²) in [6.07, 6.45) is 1.99. The van der Waals surface area contributed by atoms with E-state index < -0.39 is 0 Å². The number of carbonyl (C=O) groups is 1. The van der Waals surface area contributed by atoms with Crippen molar-refractivity contribution < 1.29 is 14.6 Å². The van der Waals surface area contributed by atoms with Crippen molar-refractivity contribution in [2.24, 2.45) is 0 Å². The van der Waals surface area contributed by atoms with Crippen molar-refractivity contribution in [2.45, 2.75) is 6.42 Å². The summed E-state index contributed by atoms with van der Waals surface area (Å²) in [5, 5.41) is 11.4. The predicted molar refractivity (Wildman–Crippen MR) is 82.6 cm³/mol. The van der Waals surface area contributed by atoms with Crippen LogP contribution in [0.3, 0.4) is 0 Å². The number of amides is 1. The Hall–Kier alpha value is -2.60. The molecule has 22 heavy (non-hydrogen) atoms. The van der Waals surface area contributed by atoms with Crippen molar-refractivity contribution in [1.29, 1.82) is 0 Å². The zero-order valence-corrected chi connectivity index (χ0v) is 12.3. The summed E-state index contributed by atoms with van der Waals surface area (Å²) in [5.41, 5.74) is 0.807. The monoisotopic (exact) mass is 302 g/mol. The summed E-state index contributed by atoms with van der Waals surface area (Å²) in [7, 11) is 1.57. The van der Waals surface area contributed by atoms with Crippen molar-refractivity contribution in [3.05, 3.63) is 58.5 Å². The van der Waals surface area contributed by atoms with Gasteiger partial charge in [-0.05, 0) is 36.8 Å². The van der Waals surface area contributed by atoms with Crippen LogP contribution >= 0.6 is 0 Å². The molecule has 2 N–H and O–H groups in total. The zero-order valence-electron chi connectivity index (χ0n) is 12.3. The fourth-order valence-electron chi connectivity index (χ4n) is 1.95. The highest BCUT2D eigenvalue weighted by Gasteiger charge is 2.08. The summed E-state index contributed by atoms with van der Waals surface area (Å²) in [6, 6.07) is 9.81. The van der Waals surface area contributed by atoms with Crippen LogP contribution in [0.15, 0.2) is 47.4 Å². The summed E-state index contributed by atoms with van der Waals surface area (Å²) in [4.78, 5) is 24.0. The number of pyridine rings is 1. The van der Waals surface area contributed by atoms with Crippen LogP contribution in [-0.2, 0) is 0 Å². The van der Waals surface area contributed by atoms with E-state index in [9.17, 15) is 9.59 Å². The van der Waals surface area contributed by atoms with Gasteiger partial charge in [0.05, 0.1) is 12.7 Å². The third-order valence-corrected chi connectivity index (χ3v) is 3.14. The van der Waals surface area contributed by atoms with Crippen molar-refractivity contribution in [2.75, 3.05) is 20.3 Å². The second-order valence-electron chi connectivity index (χ2n) is 4.66. The highest BCUT2D eigenvalue weighted by Crippen LogP contribution is 2.14. The maximum atomic E-state index is 12.0. The molecule has 0 unspecified atom stereocenters. The lowest BCUT2D eigenvalue weighted by Crippen LogP contribution is -2.27. The number of aliphatic hydroxyl groups is 1. The van der Waals surface area contributed by atoms with Gasteiger partial charge in [0, 0.05) is 31.1 Å². The Morgan fingerprint density at radius 1 is 1.23 bits per heavy atom. The molecule has 0 aliphatic rings. The number of carbonyl (C=O) groups excluding carboxylic acids is 1. The van der Waals surface area contributed by atoms with Gasteiger partial charge in [0.15, 0.2) is 0 Å². The van der Waals surface area contributed by atoms with Crippen LogP contribution in [0.25, 0.3) is 5.69 Å². The molecule has 0 spiro atoms. The van der Waals surface area contributed by atoms with Crippen LogP contribution in [0, 0.1) is 0 Å². The van der Waals surface area contributed by atoms with Crippen LogP contribution in [0.4, 0.5) is 0 Å². The third kappa shape index (κ3) is 3.73. The van der Waals surface area contributed by atoms with Gasteiger partial charge in [-0.1, -0.05) is 0 Å². The molecule has 0 radical (unpaired) electrons. The largest absolute Gasteiger partial charge is 0.497 e. The Morgan fingerprint density at radius 2 is 1.95 bits per heavy atom. The third-order valence-electron chi connectivity index (χ3n) is 3.14. The number of hydrogen-bond donors (Lipinski definition) is 2. The first-order chi connectivity index (χ1) is 10.7. The second kappa shape index (κ2) is 7.42. The second-order valence-corrected chi connectivity index (χ2v) is 4.66. The molecule has 0 saturated carbocycles. The predicted octanol–water partition coefficient (Wildman–Crippen LogP) is 0.958. The molecule has 6 nitrogen and oxygen atoms in total. The molecule has 1 amide bonds. The van der Waals surface area contributed by atoms with Gasteiger partial charge in [-0.15, -0.1) is 0 Å². The van der Waals surface area contributed by atoms with E-state index >= 15 is 0 Å². The molecule has 116 valence electrons. The van der Waals surface area contributed by atoms with Crippen LogP contribution in [0.1, 0.15) is 16.8 Å². The Bertz CT molecular complexity index is 692. The van der Waals surface area contributed by atoms with Crippen LogP contribution < -0.4 is 15.6 Å². The van der Waals surface area contributed by atoms with Crippen LogP contribution in [0.2, 0.25) is 0 Å². The summed E-state index contributed by atoms with van der Waals surface area (Å²) >= 11 is 0. The number of nitrogens with zero attached hydrogens (tertiary/aromatic N) is 1. The van der Waals surface area contributed by atoms with Gasteiger partial charge in [-0.25, -0.2) is 0 Å². The van der Waals surface area contributed by atoms with E-state index in [2.05, 4.69) is 5.32 Å². The maximum absolute atomic E-state index is 12.0. The number of aliphatic hydroxyl groups excluding tert-OH is 1. The lowest BCUT2D eigenvalue weighted by molar-refractivity contribution is 0.0950. The molecule has 0 aliphatic heterocycles. The van der Waals surface area contributed by atoms with E-state index in [0.29, 0.717) is 30.0 Å². The molecule has 0 bridgehead atoms. The lowest BCUT2D eigenvalue weighted by Gasteiger charge is -2.09. The molecular weight excluding hydrogens is 284 g/mol. The number of benzene rings is 1. The van der Waals surface area contributed by atoms with Gasteiger partial charge < -0.3 is 15.2 Å². The molecule has 1 aromatic heterocycles. The first kappa shape index (κ1) is 15.8. The molecule has 6 heteroatoms. The fourth-order valence-corrected chi connectivity index (χ4v) is 1.95. The Labute approximate surface area is 128 Å². The molecule has 1 heterocycles. The Kier molecular flexibility index (Phi) is 5.32. The smallest absolute Gasteiger partial charge is 0.255 e. The average molecular weight is 302 g/mol. The zero-order chi connectivity index (χ0) is 15.9. The maximum Gasteiger partial charge on any atom is 0.255 e. The lowest BCUT2D eigenvalue weighted by atomic mass is 10.2. The van der Waals surface area contributed by atoms with Gasteiger partial charge in [-0.2, -0.15) is 0 Å². The molecule has 2 aromatic rings. The number of methoxy groups -OCH3 is 1. The van der Waals surface area contributed by atoms with E-state index in [1.54, 1.807) is 31.4 Å². The molecule has 0 atom stereocenters. The topological polar surface area (TPSA) is 80.6 Å². The number of hydrogen-bond acceptors (Lipinski definition) is 4. The van der Waals surface area contributed by atoms with Gasteiger partial charge in [0.2, 0.25) is 0 Å². The number of ether oxygens (including phenoxy) is 1. The highest BCUT2D eigenvalue weighted by molar-refractivity contribution is 5.93. The van der Waals surface area contributed by atoms with Crippen molar-refractivity contribution in [3.8, 4) is 11.4 Å². The van der Waals surface area contributed by atoms with Crippen LogP contribution in [-0.4, -0.2) is 35.8 Å². The minimum Gasteiger partial charge on any atom is -0.497 e. The van der Waals surface area contributed by atoms with Gasteiger partial charge in [-0.3, -0.25) is 14.2 Å². The number of rotatable bonds is 6. The molecule has 1 aromatic carbocycles. The van der Waals surface area contributed by atoms with Crippen molar-refractivity contribution in [1.82, 2.24) is 9.88 Å². The minimum absolute atomic E-state index is 0.0195. The first-order valence-corrected chi connectivity index (χ1v) is 6.92. The van der Waals surface area contributed by atoms with Gasteiger partial charge in [0.25, 0.3) is 11.5 Å². The van der Waals surface area contributed by atoms with E-state index in [0.717, 1.165) is 0 Å². The summed E-state index contributed by atoms with van der Waals surface area (Å²) in [6.45, 7) is 0.405. The molecular formula is C16H18N2O4. The molecule has 2 rings (SSSR count). The first-order valence-electron chi connectivity index (χ1n) is 6.92. The average Bonchev–Trinajstić information content (AvgIpc) is 2.55. The van der Waals surface area contributed by atoms with E-state index in [1.807, 2.05) is 0 Å². The van der Waals surface area contributed by atoms with Crippen molar-refractivity contribution >= 4 is 5.91 Å². The molecule has 0 saturated heterocycles. The normalized spacial score (nSPS) is 10.3. The number of aromatic nitrogens is 1.